The number of imidazole rings is 1. The van der Waals surface area contributed by atoms with E-state index in [1.165, 1.54) is 0 Å². The van der Waals surface area contributed by atoms with E-state index in [0.29, 0.717) is 23.2 Å². The van der Waals surface area contributed by atoms with Crippen LogP contribution in [0.1, 0.15) is 17.0 Å². The second-order valence-corrected chi connectivity index (χ2v) is 6.99. The van der Waals surface area contributed by atoms with E-state index in [-0.39, 0.29) is 0 Å². The Morgan fingerprint density at radius 3 is 2.48 bits per heavy atom. The van der Waals surface area contributed by atoms with Crippen molar-refractivity contribution in [3.63, 3.8) is 0 Å². The van der Waals surface area contributed by atoms with Crippen LogP contribution < -0.4 is 4.90 Å². The van der Waals surface area contributed by atoms with Gasteiger partial charge in [-0.25, -0.2) is 4.98 Å². The molecule has 0 atom stereocenters. The van der Waals surface area contributed by atoms with Gasteiger partial charge >= 0.3 is 0 Å². The molecule has 1 aromatic heterocycles. The Morgan fingerprint density at radius 1 is 1.15 bits per heavy atom. The van der Waals surface area contributed by atoms with Crippen LogP contribution in [0.25, 0.3) is 22.7 Å². The lowest BCUT2D eigenvalue weighted by Gasteiger charge is -2.22. The molecule has 0 aliphatic rings. The molecule has 6 heteroatoms. The van der Waals surface area contributed by atoms with E-state index in [4.69, 9.17) is 23.2 Å². The zero-order valence-corrected chi connectivity index (χ0v) is 16.6. The van der Waals surface area contributed by atoms with E-state index in [1.807, 2.05) is 55.5 Å². The largest absolute Gasteiger partial charge is 0.369 e. The molecule has 1 N–H and O–H groups in total. The first-order chi connectivity index (χ1) is 13.1. The van der Waals surface area contributed by atoms with Crippen molar-refractivity contribution in [1.29, 1.82) is 5.26 Å². The van der Waals surface area contributed by atoms with Crippen LogP contribution in [0.3, 0.4) is 0 Å². The predicted molar refractivity (Wildman–Crippen MR) is 114 cm³/mol. The van der Waals surface area contributed by atoms with Crippen LogP contribution in [-0.4, -0.2) is 34.8 Å². The smallest absolute Gasteiger partial charge is 0.149 e. The van der Waals surface area contributed by atoms with Gasteiger partial charge in [0.15, 0.2) is 0 Å². The average Bonchev–Trinajstić information content (AvgIpc) is 3.09. The summed E-state index contributed by atoms with van der Waals surface area (Å²) in [5, 5.41) is 9.59. The molecule has 0 saturated carbocycles. The van der Waals surface area contributed by atoms with Crippen molar-refractivity contribution < 1.29 is 0 Å². The number of rotatable bonds is 7. The second kappa shape index (κ2) is 8.94. The second-order valence-electron chi connectivity index (χ2n) is 6.23. The van der Waals surface area contributed by atoms with Crippen molar-refractivity contribution in [1.82, 2.24) is 9.97 Å². The summed E-state index contributed by atoms with van der Waals surface area (Å²) in [5.74, 6) is 1.67. The minimum absolute atomic E-state index is 0.495. The summed E-state index contributed by atoms with van der Waals surface area (Å²) >= 11 is 11.7. The zero-order chi connectivity index (χ0) is 19.2. The Bertz CT molecular complexity index is 978. The number of alkyl halides is 2. The molecule has 0 amide bonds. The van der Waals surface area contributed by atoms with Gasteiger partial charge in [0.05, 0.1) is 16.6 Å². The number of allylic oxidation sites excluding steroid dienone is 1. The van der Waals surface area contributed by atoms with E-state index >= 15 is 0 Å². The Labute approximate surface area is 169 Å². The molecule has 0 bridgehead atoms. The quantitative estimate of drug-likeness (QED) is 0.438. The fourth-order valence-electron chi connectivity index (χ4n) is 2.93. The van der Waals surface area contributed by atoms with Crippen molar-refractivity contribution in [2.24, 2.45) is 0 Å². The number of aromatic amines is 1. The number of anilines is 1. The number of benzene rings is 2. The number of hydrogen-bond donors (Lipinski definition) is 1. The highest BCUT2D eigenvalue weighted by molar-refractivity contribution is 6.18. The van der Waals surface area contributed by atoms with Crippen molar-refractivity contribution in [3.8, 4) is 6.07 Å². The van der Waals surface area contributed by atoms with E-state index in [1.54, 1.807) is 0 Å². The first-order valence-corrected chi connectivity index (χ1v) is 9.77. The van der Waals surface area contributed by atoms with Crippen molar-refractivity contribution in [3.05, 3.63) is 59.4 Å². The summed E-state index contributed by atoms with van der Waals surface area (Å²) in [6.07, 6.45) is 1.84. The minimum atomic E-state index is 0.495. The maximum Gasteiger partial charge on any atom is 0.149 e. The maximum atomic E-state index is 9.59. The van der Waals surface area contributed by atoms with Crippen LogP contribution in [0, 0.1) is 18.3 Å². The molecule has 3 aromatic rings. The SMILES string of the molecule is Cc1ccc2nc(/C(C#N)=C/c3ccc(N(CCCl)CCCl)cc3)[nH]c2c1. The molecule has 27 heavy (non-hydrogen) atoms. The first kappa shape index (κ1) is 19.3. The third-order valence-electron chi connectivity index (χ3n) is 4.29. The third kappa shape index (κ3) is 4.63. The Balaban J connectivity index is 1.87. The molecule has 0 spiro atoms. The van der Waals surface area contributed by atoms with Gasteiger partial charge in [0.25, 0.3) is 0 Å². The highest BCUT2D eigenvalue weighted by atomic mass is 35.5. The van der Waals surface area contributed by atoms with E-state index in [0.717, 1.165) is 40.9 Å². The van der Waals surface area contributed by atoms with E-state index < -0.39 is 0 Å². The van der Waals surface area contributed by atoms with Gasteiger partial charge in [-0.3, -0.25) is 0 Å². The number of nitrogens with one attached hydrogen (secondary N) is 1. The lowest BCUT2D eigenvalue weighted by molar-refractivity contribution is 0.874. The van der Waals surface area contributed by atoms with Crippen LogP contribution in [0.2, 0.25) is 0 Å². The van der Waals surface area contributed by atoms with Gasteiger partial charge in [-0.1, -0.05) is 18.2 Å². The van der Waals surface area contributed by atoms with E-state index in [2.05, 4.69) is 20.9 Å². The summed E-state index contributed by atoms with van der Waals surface area (Å²) in [6, 6.07) is 16.2. The summed E-state index contributed by atoms with van der Waals surface area (Å²) < 4.78 is 0. The molecule has 0 aliphatic carbocycles. The highest BCUT2D eigenvalue weighted by Gasteiger charge is 2.09. The fourth-order valence-corrected chi connectivity index (χ4v) is 3.33. The topological polar surface area (TPSA) is 55.7 Å². The molecule has 3 rings (SSSR count). The van der Waals surface area contributed by atoms with Crippen LogP contribution in [-0.2, 0) is 0 Å². The van der Waals surface area contributed by atoms with Gasteiger partial charge in [0, 0.05) is 30.5 Å². The molecule has 0 fully saturated rings. The molecule has 1 heterocycles. The lowest BCUT2D eigenvalue weighted by atomic mass is 10.1. The zero-order valence-electron chi connectivity index (χ0n) is 15.0. The van der Waals surface area contributed by atoms with Gasteiger partial charge in [0.2, 0.25) is 0 Å². The van der Waals surface area contributed by atoms with Gasteiger partial charge in [-0.15, -0.1) is 23.2 Å². The molecule has 0 aliphatic heterocycles. The number of hydrogen-bond acceptors (Lipinski definition) is 3. The number of aryl methyl sites for hydroxylation is 1. The molecule has 138 valence electrons. The summed E-state index contributed by atoms with van der Waals surface area (Å²) in [7, 11) is 0. The van der Waals surface area contributed by atoms with Crippen LogP contribution in [0.15, 0.2) is 42.5 Å². The Kier molecular flexibility index (Phi) is 6.39. The summed E-state index contributed by atoms with van der Waals surface area (Å²) in [6.45, 7) is 3.51. The van der Waals surface area contributed by atoms with Crippen LogP contribution >= 0.6 is 23.2 Å². The highest BCUT2D eigenvalue weighted by Crippen LogP contribution is 2.22. The standard InChI is InChI=1S/C21H20Cl2N4/c1-15-2-7-19-20(12-15)26-21(25-19)17(14-24)13-16-3-5-18(6-4-16)27(10-8-22)11-9-23/h2-7,12-13H,8-11H2,1H3,(H,25,26)/b17-13+. The molecule has 2 aromatic carbocycles. The van der Waals surface area contributed by atoms with Gasteiger partial charge < -0.3 is 9.88 Å². The first-order valence-electron chi connectivity index (χ1n) is 8.70. The summed E-state index contributed by atoms with van der Waals surface area (Å²) in [5.41, 5.74) is 5.42. The third-order valence-corrected chi connectivity index (χ3v) is 4.63. The van der Waals surface area contributed by atoms with Crippen LogP contribution in [0.5, 0.6) is 0 Å². The normalized spacial score (nSPS) is 11.6. The summed E-state index contributed by atoms with van der Waals surface area (Å²) in [4.78, 5) is 9.90. The number of halogens is 2. The fraction of sp³-hybridized carbons (Fsp3) is 0.238. The molecule has 0 unspecified atom stereocenters. The Hall–Kier alpha value is -2.48. The predicted octanol–water partition coefficient (Wildman–Crippen LogP) is 5.22. The Morgan fingerprint density at radius 2 is 1.85 bits per heavy atom. The van der Waals surface area contributed by atoms with Gasteiger partial charge in [-0.2, -0.15) is 5.26 Å². The number of nitrogens with zero attached hydrogens (tertiary/aromatic N) is 3. The molecular formula is C21H20Cl2N4. The maximum absolute atomic E-state index is 9.59. The van der Waals surface area contributed by atoms with Gasteiger partial charge in [0.1, 0.15) is 11.9 Å². The number of aromatic nitrogens is 2. The van der Waals surface area contributed by atoms with E-state index in [9.17, 15) is 5.26 Å². The number of fused-ring (bicyclic) bond motifs is 1. The van der Waals surface area contributed by atoms with Gasteiger partial charge in [-0.05, 0) is 48.4 Å². The number of nitriles is 1. The monoisotopic (exact) mass is 398 g/mol. The van der Waals surface area contributed by atoms with Crippen molar-refractivity contribution >= 4 is 51.6 Å². The average molecular weight is 399 g/mol. The molecular weight excluding hydrogens is 379 g/mol. The minimum Gasteiger partial charge on any atom is -0.369 e. The number of H-pyrrole nitrogens is 1. The molecule has 0 saturated heterocycles. The molecule has 0 radical (unpaired) electrons. The molecule has 4 nitrogen and oxygen atoms in total. The lowest BCUT2D eigenvalue weighted by Crippen LogP contribution is -2.27. The van der Waals surface area contributed by atoms with Crippen molar-refractivity contribution in [2.75, 3.05) is 29.7 Å². The van der Waals surface area contributed by atoms with Crippen LogP contribution in [0.4, 0.5) is 5.69 Å². The van der Waals surface area contributed by atoms with Crippen molar-refractivity contribution in [2.45, 2.75) is 6.92 Å².